The number of aryl methyl sites for hydroxylation is 1. The molecule has 0 saturated carbocycles. The van der Waals surface area contributed by atoms with Crippen molar-refractivity contribution in [3.05, 3.63) is 34.5 Å². The fourth-order valence-corrected chi connectivity index (χ4v) is 1.97. The molecule has 0 radical (unpaired) electrons. The van der Waals surface area contributed by atoms with Crippen molar-refractivity contribution in [3.63, 3.8) is 0 Å². The third kappa shape index (κ3) is 2.79. The molecule has 0 amide bonds. The van der Waals surface area contributed by atoms with Gasteiger partial charge in [-0.25, -0.2) is 4.39 Å². The lowest BCUT2D eigenvalue weighted by Crippen LogP contribution is -1.99. The number of thiophene rings is 1. The Balaban J connectivity index is 1.89. The van der Waals surface area contributed by atoms with Crippen molar-refractivity contribution < 1.29 is 8.78 Å². The normalized spacial score (nSPS) is 10.6. The molecule has 0 aliphatic rings. The first-order valence-corrected chi connectivity index (χ1v) is 5.66. The van der Waals surface area contributed by atoms with Gasteiger partial charge in [0.1, 0.15) is 6.67 Å². The Morgan fingerprint density at radius 3 is 3.00 bits per heavy atom. The average molecular weight is 243 g/mol. The molecular weight excluding hydrogens is 232 g/mol. The third-order valence-electron chi connectivity index (χ3n) is 2.04. The Kier molecular flexibility index (Phi) is 3.51. The molecule has 86 valence electrons. The monoisotopic (exact) mass is 243 g/mol. The van der Waals surface area contributed by atoms with Crippen LogP contribution in [-0.4, -0.2) is 16.5 Å². The van der Waals surface area contributed by atoms with E-state index in [1.807, 2.05) is 0 Å². The second kappa shape index (κ2) is 5.07. The summed E-state index contributed by atoms with van der Waals surface area (Å²) in [7, 11) is 0. The van der Waals surface area contributed by atoms with E-state index in [0.717, 1.165) is 21.9 Å². The fraction of sp³-hybridized carbons (Fsp3) is 0.300. The number of rotatable bonds is 5. The van der Waals surface area contributed by atoms with Crippen molar-refractivity contribution in [1.29, 1.82) is 0 Å². The largest absolute Gasteiger partial charge is 0.378 e. The van der Waals surface area contributed by atoms with Crippen LogP contribution in [0.1, 0.15) is 4.88 Å². The van der Waals surface area contributed by atoms with E-state index in [4.69, 9.17) is 0 Å². The summed E-state index contributed by atoms with van der Waals surface area (Å²) in [6.45, 7) is 0.377. The summed E-state index contributed by atoms with van der Waals surface area (Å²) in [5.41, 5.74) is 0.808. The van der Waals surface area contributed by atoms with Gasteiger partial charge in [-0.1, -0.05) is 0 Å². The zero-order chi connectivity index (χ0) is 11.4. The summed E-state index contributed by atoms with van der Waals surface area (Å²) in [5.74, 6) is 0. The van der Waals surface area contributed by atoms with Crippen molar-refractivity contribution >= 4 is 17.0 Å². The number of aromatic nitrogens is 2. The average Bonchev–Trinajstić information content (AvgIpc) is 2.85. The Morgan fingerprint density at radius 2 is 2.31 bits per heavy atom. The summed E-state index contributed by atoms with van der Waals surface area (Å²) in [6, 6.07) is 3.17. The van der Waals surface area contributed by atoms with Crippen LogP contribution in [-0.2, 0) is 13.1 Å². The lowest BCUT2D eigenvalue weighted by molar-refractivity contribution is 0.427. The predicted molar refractivity (Wildman–Crippen MR) is 59.8 cm³/mol. The fourth-order valence-electron chi connectivity index (χ4n) is 1.30. The van der Waals surface area contributed by atoms with Crippen LogP contribution in [0.4, 0.5) is 14.5 Å². The number of anilines is 1. The van der Waals surface area contributed by atoms with E-state index in [2.05, 4.69) is 10.4 Å². The molecule has 16 heavy (non-hydrogen) atoms. The molecule has 3 nitrogen and oxygen atoms in total. The Morgan fingerprint density at radius 1 is 1.44 bits per heavy atom. The van der Waals surface area contributed by atoms with Crippen LogP contribution >= 0.6 is 11.3 Å². The molecule has 2 heterocycles. The minimum Gasteiger partial charge on any atom is -0.378 e. The lowest BCUT2D eigenvalue weighted by atomic mass is 10.4. The van der Waals surface area contributed by atoms with E-state index in [1.54, 1.807) is 18.5 Å². The number of halogens is 2. The Hall–Kier alpha value is -1.43. The molecule has 2 aromatic heterocycles. The van der Waals surface area contributed by atoms with Gasteiger partial charge in [-0.2, -0.15) is 9.49 Å². The molecule has 0 fully saturated rings. The van der Waals surface area contributed by atoms with Crippen molar-refractivity contribution in [2.75, 3.05) is 12.0 Å². The molecule has 2 aromatic rings. The molecule has 6 heteroatoms. The quantitative estimate of drug-likeness (QED) is 0.875. The Bertz CT molecular complexity index is 452. The van der Waals surface area contributed by atoms with E-state index in [0.29, 0.717) is 6.54 Å². The SMILES string of the molecule is FCCn1cc(NCc2ccc(F)s2)cn1. The Labute approximate surface area is 95.7 Å². The second-order valence-electron chi connectivity index (χ2n) is 3.24. The summed E-state index contributed by atoms with van der Waals surface area (Å²) >= 11 is 1.11. The van der Waals surface area contributed by atoms with Gasteiger partial charge in [-0.05, 0) is 12.1 Å². The molecule has 0 aliphatic carbocycles. The van der Waals surface area contributed by atoms with E-state index in [1.165, 1.54) is 10.7 Å². The third-order valence-corrected chi connectivity index (χ3v) is 2.92. The minimum absolute atomic E-state index is 0.190. The molecule has 2 rings (SSSR count). The molecular formula is C10H11F2N3S. The van der Waals surface area contributed by atoms with E-state index in [9.17, 15) is 8.78 Å². The van der Waals surface area contributed by atoms with Gasteiger partial charge < -0.3 is 5.32 Å². The molecule has 0 bridgehead atoms. The standard InChI is InChI=1S/C10H11F2N3S/c11-3-4-15-7-8(5-14-15)13-6-9-1-2-10(12)16-9/h1-2,5,7,13H,3-4,6H2. The highest BCUT2D eigenvalue weighted by Crippen LogP contribution is 2.16. The van der Waals surface area contributed by atoms with E-state index < -0.39 is 6.67 Å². The van der Waals surface area contributed by atoms with Gasteiger partial charge in [0.15, 0.2) is 5.13 Å². The second-order valence-corrected chi connectivity index (χ2v) is 4.36. The van der Waals surface area contributed by atoms with Gasteiger partial charge >= 0.3 is 0 Å². The van der Waals surface area contributed by atoms with E-state index in [-0.39, 0.29) is 11.7 Å². The number of hydrogen-bond donors (Lipinski definition) is 1. The molecule has 1 N–H and O–H groups in total. The van der Waals surface area contributed by atoms with Gasteiger partial charge in [0.25, 0.3) is 0 Å². The number of nitrogens with zero attached hydrogens (tertiary/aromatic N) is 2. The highest BCUT2D eigenvalue weighted by Gasteiger charge is 2.01. The van der Waals surface area contributed by atoms with Crippen LogP contribution in [0.15, 0.2) is 24.5 Å². The minimum atomic E-state index is -0.433. The van der Waals surface area contributed by atoms with Crippen LogP contribution < -0.4 is 5.32 Å². The number of alkyl halides is 1. The topological polar surface area (TPSA) is 29.9 Å². The summed E-state index contributed by atoms with van der Waals surface area (Å²) in [4.78, 5) is 0.913. The van der Waals surface area contributed by atoms with Crippen LogP contribution in [0.2, 0.25) is 0 Å². The summed E-state index contributed by atoms with van der Waals surface area (Å²) in [5, 5.41) is 6.87. The van der Waals surface area contributed by atoms with Crippen LogP contribution in [0.5, 0.6) is 0 Å². The predicted octanol–water partition coefficient (Wildman–Crippen LogP) is 2.67. The highest BCUT2D eigenvalue weighted by atomic mass is 32.1. The molecule has 0 aliphatic heterocycles. The number of nitrogens with one attached hydrogen (secondary N) is 1. The van der Waals surface area contributed by atoms with Gasteiger partial charge in [0.05, 0.1) is 18.4 Å². The van der Waals surface area contributed by atoms with Gasteiger partial charge in [0, 0.05) is 17.6 Å². The first kappa shape index (κ1) is 11.1. The molecule has 0 spiro atoms. The van der Waals surface area contributed by atoms with Gasteiger partial charge in [0.2, 0.25) is 0 Å². The molecule has 0 atom stereocenters. The van der Waals surface area contributed by atoms with Gasteiger partial charge in [-0.15, -0.1) is 11.3 Å². The van der Waals surface area contributed by atoms with Crippen molar-refractivity contribution in [2.45, 2.75) is 13.1 Å². The van der Waals surface area contributed by atoms with Crippen molar-refractivity contribution in [3.8, 4) is 0 Å². The van der Waals surface area contributed by atoms with Crippen molar-refractivity contribution in [2.24, 2.45) is 0 Å². The van der Waals surface area contributed by atoms with Crippen LogP contribution in [0, 0.1) is 5.13 Å². The van der Waals surface area contributed by atoms with Crippen LogP contribution in [0.25, 0.3) is 0 Å². The lowest BCUT2D eigenvalue weighted by Gasteiger charge is -1.99. The molecule has 0 aromatic carbocycles. The first-order valence-electron chi connectivity index (χ1n) is 4.84. The summed E-state index contributed by atoms with van der Waals surface area (Å²) < 4.78 is 26.2. The van der Waals surface area contributed by atoms with E-state index >= 15 is 0 Å². The maximum absolute atomic E-state index is 12.7. The zero-order valence-corrected chi connectivity index (χ0v) is 9.31. The highest BCUT2D eigenvalue weighted by molar-refractivity contribution is 7.10. The molecule has 0 unspecified atom stereocenters. The maximum Gasteiger partial charge on any atom is 0.176 e. The van der Waals surface area contributed by atoms with Gasteiger partial charge in [-0.3, -0.25) is 4.68 Å². The molecule has 0 saturated heterocycles. The van der Waals surface area contributed by atoms with Crippen LogP contribution in [0.3, 0.4) is 0 Å². The number of hydrogen-bond acceptors (Lipinski definition) is 3. The maximum atomic E-state index is 12.7. The first-order chi connectivity index (χ1) is 7.78. The smallest absolute Gasteiger partial charge is 0.176 e. The zero-order valence-electron chi connectivity index (χ0n) is 8.49. The summed E-state index contributed by atoms with van der Waals surface area (Å²) in [6.07, 6.45) is 3.35. The van der Waals surface area contributed by atoms with Crippen molar-refractivity contribution in [1.82, 2.24) is 9.78 Å².